The van der Waals surface area contributed by atoms with Crippen LogP contribution in [0.15, 0.2) is 84.3 Å². The number of anilines is 2. The van der Waals surface area contributed by atoms with Gasteiger partial charge in [-0.2, -0.15) is 13.2 Å². The van der Waals surface area contributed by atoms with Gasteiger partial charge in [-0.1, -0.05) is 47.5 Å². The molecule has 0 aromatic heterocycles. The zero-order valence-electron chi connectivity index (χ0n) is 19.3. The van der Waals surface area contributed by atoms with E-state index >= 15 is 0 Å². The fraction of sp³-hybridized carbons (Fsp3) is 0.120. The molecule has 1 N–H and O–H groups in total. The van der Waals surface area contributed by atoms with Crippen molar-refractivity contribution in [3.05, 3.63) is 101 Å². The summed E-state index contributed by atoms with van der Waals surface area (Å²) < 4.78 is 72.2. The van der Waals surface area contributed by atoms with Gasteiger partial charge in [0.25, 0.3) is 15.9 Å². The van der Waals surface area contributed by atoms with Crippen molar-refractivity contribution in [1.82, 2.24) is 0 Å². The smallest absolute Gasteiger partial charge is 0.416 e. The Morgan fingerprint density at radius 1 is 1.00 bits per heavy atom. The first-order valence-electron chi connectivity index (χ1n) is 10.7. The first kappa shape index (κ1) is 29.0. The standard InChI is InChI=1S/C25H19Cl2F3N2O5S/c1-2-12-32(18-7-5-6-17(14-18)25(28,29)30)38(35,36)22-13-16(10-11-20(22)27)24(34)37-15-23(33)31-21-9-4-3-8-19(21)26/h2-11,13-14H,1,12,15H2,(H,31,33). The molecule has 0 fully saturated rings. The zero-order valence-corrected chi connectivity index (χ0v) is 21.7. The average Bonchev–Trinajstić information content (AvgIpc) is 2.87. The second-order valence-corrected chi connectivity index (χ2v) is 10.3. The van der Waals surface area contributed by atoms with E-state index in [9.17, 15) is 31.2 Å². The molecule has 38 heavy (non-hydrogen) atoms. The van der Waals surface area contributed by atoms with Gasteiger partial charge in [-0.15, -0.1) is 6.58 Å². The molecule has 0 unspecified atom stereocenters. The minimum atomic E-state index is -4.71. The number of hydrogen-bond acceptors (Lipinski definition) is 5. The van der Waals surface area contributed by atoms with Crippen molar-refractivity contribution in [2.24, 2.45) is 0 Å². The summed E-state index contributed by atoms with van der Waals surface area (Å²) in [7, 11) is -4.58. The number of para-hydroxylation sites is 1. The zero-order chi connectivity index (χ0) is 28.1. The Bertz CT molecular complexity index is 1480. The van der Waals surface area contributed by atoms with Crippen molar-refractivity contribution >= 4 is 56.5 Å². The van der Waals surface area contributed by atoms with Crippen LogP contribution in [-0.4, -0.2) is 33.4 Å². The number of carbonyl (C=O) groups is 2. The van der Waals surface area contributed by atoms with Crippen molar-refractivity contribution in [2.45, 2.75) is 11.1 Å². The Balaban J connectivity index is 1.85. The maximum atomic E-state index is 13.5. The van der Waals surface area contributed by atoms with Crippen LogP contribution in [0.2, 0.25) is 10.0 Å². The molecule has 0 radical (unpaired) electrons. The molecule has 0 aliphatic rings. The lowest BCUT2D eigenvalue weighted by Crippen LogP contribution is -2.32. The van der Waals surface area contributed by atoms with Gasteiger partial charge in [0.2, 0.25) is 0 Å². The summed E-state index contributed by atoms with van der Waals surface area (Å²) in [5, 5.41) is 2.44. The van der Waals surface area contributed by atoms with Crippen LogP contribution in [0.25, 0.3) is 0 Å². The van der Waals surface area contributed by atoms with Crippen LogP contribution in [0.1, 0.15) is 15.9 Å². The van der Waals surface area contributed by atoms with Crippen LogP contribution in [-0.2, 0) is 25.7 Å². The van der Waals surface area contributed by atoms with Gasteiger partial charge in [-0.3, -0.25) is 9.10 Å². The molecular weight excluding hydrogens is 568 g/mol. The predicted molar refractivity (Wildman–Crippen MR) is 138 cm³/mol. The van der Waals surface area contributed by atoms with Crippen molar-refractivity contribution in [1.29, 1.82) is 0 Å². The van der Waals surface area contributed by atoms with Crippen LogP contribution in [0.5, 0.6) is 0 Å². The van der Waals surface area contributed by atoms with Crippen LogP contribution in [0.4, 0.5) is 24.5 Å². The molecule has 3 rings (SSSR count). The first-order valence-corrected chi connectivity index (χ1v) is 12.9. The van der Waals surface area contributed by atoms with Crippen LogP contribution >= 0.6 is 23.2 Å². The minimum absolute atomic E-state index is 0.263. The molecule has 0 aliphatic carbocycles. The second-order valence-electron chi connectivity index (χ2n) is 7.62. The molecular formula is C25H19Cl2F3N2O5S. The molecule has 0 spiro atoms. The van der Waals surface area contributed by atoms with E-state index in [0.29, 0.717) is 16.1 Å². The van der Waals surface area contributed by atoms with Gasteiger partial charge in [0, 0.05) is 0 Å². The molecule has 7 nitrogen and oxygen atoms in total. The highest BCUT2D eigenvalue weighted by Crippen LogP contribution is 2.34. The Morgan fingerprint density at radius 3 is 2.37 bits per heavy atom. The summed E-state index contributed by atoms with van der Waals surface area (Å²) in [5.41, 5.74) is -1.31. The Kier molecular flexibility index (Phi) is 9.08. The summed E-state index contributed by atoms with van der Waals surface area (Å²) in [4.78, 5) is 24.1. The van der Waals surface area contributed by atoms with Gasteiger partial charge < -0.3 is 10.1 Å². The Morgan fingerprint density at radius 2 is 1.71 bits per heavy atom. The monoisotopic (exact) mass is 586 g/mol. The quantitative estimate of drug-likeness (QED) is 0.238. The van der Waals surface area contributed by atoms with Gasteiger partial charge in [-0.25, -0.2) is 13.2 Å². The van der Waals surface area contributed by atoms with Crippen LogP contribution in [0, 0.1) is 0 Å². The number of hydrogen-bond donors (Lipinski definition) is 1. The molecule has 13 heteroatoms. The summed E-state index contributed by atoms with van der Waals surface area (Å²) >= 11 is 12.1. The molecule has 0 heterocycles. The second kappa shape index (κ2) is 11.9. The van der Waals surface area contributed by atoms with Gasteiger partial charge in [0.15, 0.2) is 6.61 Å². The topological polar surface area (TPSA) is 92.8 Å². The Hall–Kier alpha value is -3.54. The van der Waals surface area contributed by atoms with Crippen molar-refractivity contribution in [3.63, 3.8) is 0 Å². The maximum Gasteiger partial charge on any atom is 0.416 e. The number of benzene rings is 3. The van der Waals surface area contributed by atoms with Crippen molar-refractivity contribution in [2.75, 3.05) is 22.8 Å². The SMILES string of the molecule is C=CCN(c1cccc(C(F)(F)F)c1)S(=O)(=O)c1cc(C(=O)OCC(=O)Nc2ccccc2Cl)ccc1Cl. The molecule has 1 amide bonds. The summed E-state index contributed by atoms with van der Waals surface area (Å²) in [5.74, 6) is -1.74. The molecule has 3 aromatic carbocycles. The molecule has 0 atom stereocenters. The highest BCUT2D eigenvalue weighted by atomic mass is 35.5. The van der Waals surface area contributed by atoms with Gasteiger partial charge in [-0.05, 0) is 48.5 Å². The third-order valence-corrected chi connectivity index (χ3v) is 7.58. The third-order valence-electron chi connectivity index (χ3n) is 4.97. The van der Waals surface area contributed by atoms with E-state index in [2.05, 4.69) is 11.9 Å². The molecule has 0 bridgehead atoms. The van der Waals surface area contributed by atoms with Crippen LogP contribution in [0.3, 0.4) is 0 Å². The van der Waals surface area contributed by atoms with E-state index in [0.717, 1.165) is 24.3 Å². The Labute approximate surface area is 226 Å². The van der Waals surface area contributed by atoms with Gasteiger partial charge in [0.1, 0.15) is 4.90 Å². The summed E-state index contributed by atoms with van der Waals surface area (Å²) in [6, 6.07) is 13.3. The number of amides is 1. The number of ether oxygens (including phenoxy) is 1. The molecule has 0 saturated heterocycles. The average molecular weight is 587 g/mol. The highest BCUT2D eigenvalue weighted by Gasteiger charge is 2.33. The largest absolute Gasteiger partial charge is 0.452 e. The van der Waals surface area contributed by atoms with Crippen molar-refractivity contribution < 1.29 is 35.9 Å². The number of nitrogens with zero attached hydrogens (tertiary/aromatic N) is 1. The number of sulfonamides is 1. The molecule has 0 saturated carbocycles. The van der Waals surface area contributed by atoms with Crippen molar-refractivity contribution in [3.8, 4) is 0 Å². The van der Waals surface area contributed by atoms with E-state index < -0.39 is 51.7 Å². The lowest BCUT2D eigenvalue weighted by molar-refractivity contribution is -0.137. The molecule has 200 valence electrons. The minimum Gasteiger partial charge on any atom is -0.452 e. The normalized spacial score (nSPS) is 11.5. The summed E-state index contributed by atoms with van der Waals surface area (Å²) in [6.45, 7) is 2.37. The lowest BCUT2D eigenvalue weighted by atomic mass is 10.2. The summed E-state index contributed by atoms with van der Waals surface area (Å²) in [6.07, 6.45) is -3.53. The number of alkyl halides is 3. The first-order chi connectivity index (χ1) is 17.8. The fourth-order valence-corrected chi connectivity index (χ4v) is 5.32. The highest BCUT2D eigenvalue weighted by molar-refractivity contribution is 7.93. The van der Waals surface area contributed by atoms with E-state index in [1.807, 2.05) is 0 Å². The third kappa shape index (κ3) is 6.85. The van der Waals surface area contributed by atoms with E-state index in [1.165, 1.54) is 24.3 Å². The van der Waals surface area contributed by atoms with E-state index in [1.54, 1.807) is 18.2 Å². The number of rotatable bonds is 9. The van der Waals surface area contributed by atoms with E-state index in [-0.39, 0.29) is 21.3 Å². The number of halogens is 5. The number of esters is 1. The number of nitrogens with one attached hydrogen (secondary N) is 1. The van der Waals surface area contributed by atoms with Gasteiger partial charge >= 0.3 is 12.1 Å². The maximum absolute atomic E-state index is 13.5. The van der Waals surface area contributed by atoms with Gasteiger partial charge in [0.05, 0.1) is 39.1 Å². The predicted octanol–water partition coefficient (Wildman–Crippen LogP) is 6.19. The number of carbonyl (C=O) groups excluding carboxylic acids is 2. The van der Waals surface area contributed by atoms with E-state index in [4.69, 9.17) is 27.9 Å². The molecule has 3 aromatic rings. The van der Waals surface area contributed by atoms with Crippen LogP contribution < -0.4 is 9.62 Å². The lowest BCUT2D eigenvalue weighted by Gasteiger charge is -2.24. The fourth-order valence-electron chi connectivity index (χ4n) is 3.21. The molecule has 0 aliphatic heterocycles.